The summed E-state index contributed by atoms with van der Waals surface area (Å²) in [5.41, 5.74) is 1.74. The van der Waals surface area contributed by atoms with Gasteiger partial charge in [-0.2, -0.15) is 5.26 Å². The molecule has 1 aromatic rings. The van der Waals surface area contributed by atoms with Crippen molar-refractivity contribution in [2.75, 3.05) is 0 Å². The van der Waals surface area contributed by atoms with E-state index < -0.39 is 0 Å². The van der Waals surface area contributed by atoms with Gasteiger partial charge in [0, 0.05) is 0 Å². The fraction of sp³-hybridized carbons (Fsp3) is 0.100. The third-order valence-electron chi connectivity index (χ3n) is 1.60. The highest BCUT2D eigenvalue weighted by atomic mass is 35.5. The van der Waals surface area contributed by atoms with Gasteiger partial charge in [0.1, 0.15) is 0 Å². The Kier molecular flexibility index (Phi) is 2.90. The van der Waals surface area contributed by atoms with Crippen molar-refractivity contribution < 1.29 is 0 Å². The van der Waals surface area contributed by atoms with E-state index in [2.05, 4.69) is 12.6 Å². The van der Waals surface area contributed by atoms with E-state index in [1.54, 1.807) is 6.08 Å². The summed E-state index contributed by atoms with van der Waals surface area (Å²) < 4.78 is 0. The zero-order valence-corrected chi connectivity index (χ0v) is 7.30. The molecule has 1 rings (SSSR count). The number of benzene rings is 1. The van der Waals surface area contributed by atoms with E-state index in [1.165, 1.54) is 0 Å². The summed E-state index contributed by atoms with van der Waals surface area (Å²) in [5.74, 6) is 0. The molecule has 0 radical (unpaired) electrons. The van der Waals surface area contributed by atoms with E-state index in [1.807, 2.05) is 18.2 Å². The fourth-order valence-corrected chi connectivity index (χ4v) is 1.25. The van der Waals surface area contributed by atoms with Crippen LogP contribution in [0.25, 0.3) is 6.08 Å². The van der Waals surface area contributed by atoms with Gasteiger partial charge in [0.15, 0.2) is 0 Å². The van der Waals surface area contributed by atoms with E-state index in [4.69, 9.17) is 16.9 Å². The molecule has 0 aliphatic rings. The Morgan fingerprint density at radius 2 is 2.33 bits per heavy atom. The van der Waals surface area contributed by atoms with Crippen molar-refractivity contribution in [3.63, 3.8) is 0 Å². The van der Waals surface area contributed by atoms with E-state index in [0.29, 0.717) is 11.4 Å². The molecule has 0 heterocycles. The molecule has 0 aromatic heterocycles. The predicted molar refractivity (Wildman–Crippen MR) is 50.9 cm³/mol. The Bertz CT molecular complexity index is 336. The first-order valence-corrected chi connectivity index (χ1v) is 3.94. The van der Waals surface area contributed by atoms with Crippen LogP contribution in [0.4, 0.5) is 0 Å². The lowest BCUT2D eigenvalue weighted by atomic mass is 10.1. The minimum Gasteiger partial charge on any atom is -0.198 e. The first-order valence-electron chi connectivity index (χ1n) is 3.56. The number of hydrogen-bond donors (Lipinski definition) is 0. The zero-order chi connectivity index (χ0) is 8.97. The van der Waals surface area contributed by atoms with E-state index in [-0.39, 0.29) is 0 Å². The molecular formula is C10H8ClN. The number of nitrogens with zero attached hydrogens (tertiary/aromatic N) is 1. The van der Waals surface area contributed by atoms with Gasteiger partial charge in [-0.3, -0.25) is 0 Å². The maximum Gasteiger partial charge on any atom is 0.0670 e. The summed E-state index contributed by atoms with van der Waals surface area (Å²) in [7, 11) is 0. The van der Waals surface area contributed by atoms with E-state index in [9.17, 15) is 0 Å². The monoisotopic (exact) mass is 177 g/mol. The standard InChI is InChI=1S/C10H8ClN/c1-2-8-4-3-5-9(6-7-12)10(8)11/h2-5H,1,6H2. The first-order chi connectivity index (χ1) is 5.79. The summed E-state index contributed by atoms with van der Waals surface area (Å²) in [6.45, 7) is 3.63. The number of halogens is 1. The molecule has 1 aromatic carbocycles. The van der Waals surface area contributed by atoms with Crippen LogP contribution >= 0.6 is 11.6 Å². The second kappa shape index (κ2) is 3.94. The van der Waals surface area contributed by atoms with Crippen molar-refractivity contribution in [2.24, 2.45) is 0 Å². The topological polar surface area (TPSA) is 23.8 Å². The molecule has 0 saturated carbocycles. The molecule has 0 fully saturated rings. The summed E-state index contributed by atoms with van der Waals surface area (Å²) >= 11 is 5.97. The zero-order valence-electron chi connectivity index (χ0n) is 6.55. The quantitative estimate of drug-likeness (QED) is 0.681. The smallest absolute Gasteiger partial charge is 0.0670 e. The van der Waals surface area contributed by atoms with Crippen LogP contribution in [0.1, 0.15) is 11.1 Å². The third kappa shape index (κ3) is 1.66. The van der Waals surface area contributed by atoms with Gasteiger partial charge in [0.2, 0.25) is 0 Å². The predicted octanol–water partition coefficient (Wildman–Crippen LogP) is 3.05. The summed E-state index contributed by atoms with van der Waals surface area (Å²) in [4.78, 5) is 0. The van der Waals surface area contributed by atoms with Crippen molar-refractivity contribution in [1.82, 2.24) is 0 Å². The lowest BCUT2D eigenvalue weighted by Gasteiger charge is -2.01. The number of rotatable bonds is 2. The van der Waals surface area contributed by atoms with Gasteiger partial charge in [-0.05, 0) is 11.1 Å². The van der Waals surface area contributed by atoms with Gasteiger partial charge in [0.05, 0.1) is 17.5 Å². The average Bonchev–Trinajstić information content (AvgIpc) is 2.09. The largest absolute Gasteiger partial charge is 0.198 e. The van der Waals surface area contributed by atoms with Gasteiger partial charge in [0.25, 0.3) is 0 Å². The lowest BCUT2D eigenvalue weighted by Crippen LogP contribution is -1.85. The summed E-state index contributed by atoms with van der Waals surface area (Å²) in [6.07, 6.45) is 2.03. The van der Waals surface area contributed by atoms with Crippen LogP contribution < -0.4 is 0 Å². The highest BCUT2D eigenvalue weighted by Gasteiger charge is 2.01. The highest BCUT2D eigenvalue weighted by Crippen LogP contribution is 2.21. The molecule has 0 saturated heterocycles. The van der Waals surface area contributed by atoms with Gasteiger partial charge >= 0.3 is 0 Å². The SMILES string of the molecule is C=Cc1cccc(CC#N)c1Cl. The average molecular weight is 178 g/mol. The van der Waals surface area contributed by atoms with Crippen LogP contribution in [-0.4, -0.2) is 0 Å². The molecule has 0 atom stereocenters. The second-order valence-electron chi connectivity index (χ2n) is 2.36. The van der Waals surface area contributed by atoms with Gasteiger partial charge in [-0.25, -0.2) is 0 Å². The Morgan fingerprint density at radius 3 is 2.92 bits per heavy atom. The molecule has 0 unspecified atom stereocenters. The van der Waals surface area contributed by atoms with Crippen LogP contribution in [0.5, 0.6) is 0 Å². The minimum atomic E-state index is 0.348. The Balaban J connectivity index is 3.15. The van der Waals surface area contributed by atoms with E-state index in [0.717, 1.165) is 11.1 Å². The Labute approximate surface area is 76.9 Å². The molecule has 12 heavy (non-hydrogen) atoms. The van der Waals surface area contributed by atoms with Crippen LogP contribution in [0, 0.1) is 11.3 Å². The molecule has 0 amide bonds. The normalized spacial score (nSPS) is 9.00. The molecule has 0 aliphatic heterocycles. The Hall–Kier alpha value is -1.26. The van der Waals surface area contributed by atoms with Crippen molar-refractivity contribution in [3.8, 4) is 6.07 Å². The lowest BCUT2D eigenvalue weighted by molar-refractivity contribution is 1.26. The molecule has 60 valence electrons. The van der Waals surface area contributed by atoms with Crippen molar-refractivity contribution in [3.05, 3.63) is 40.9 Å². The molecule has 0 spiro atoms. The van der Waals surface area contributed by atoms with E-state index >= 15 is 0 Å². The van der Waals surface area contributed by atoms with Crippen LogP contribution in [0.15, 0.2) is 24.8 Å². The van der Waals surface area contributed by atoms with Gasteiger partial charge < -0.3 is 0 Å². The first kappa shape index (κ1) is 8.83. The second-order valence-corrected chi connectivity index (χ2v) is 2.74. The summed E-state index contributed by atoms with van der Waals surface area (Å²) in [6, 6.07) is 7.65. The van der Waals surface area contributed by atoms with Gasteiger partial charge in [-0.1, -0.05) is 42.5 Å². The minimum absolute atomic E-state index is 0.348. The Morgan fingerprint density at radius 1 is 1.58 bits per heavy atom. The van der Waals surface area contributed by atoms with Gasteiger partial charge in [-0.15, -0.1) is 0 Å². The molecule has 0 bridgehead atoms. The molecule has 0 N–H and O–H groups in total. The maximum absolute atomic E-state index is 8.47. The fourth-order valence-electron chi connectivity index (χ4n) is 0.979. The van der Waals surface area contributed by atoms with Crippen molar-refractivity contribution in [1.29, 1.82) is 5.26 Å². The van der Waals surface area contributed by atoms with Crippen molar-refractivity contribution in [2.45, 2.75) is 6.42 Å². The molecular weight excluding hydrogens is 170 g/mol. The molecule has 1 nitrogen and oxygen atoms in total. The maximum atomic E-state index is 8.47. The summed E-state index contributed by atoms with van der Waals surface area (Å²) in [5, 5.41) is 9.11. The third-order valence-corrected chi connectivity index (χ3v) is 2.06. The highest BCUT2D eigenvalue weighted by molar-refractivity contribution is 6.32. The molecule has 2 heteroatoms. The number of hydrogen-bond acceptors (Lipinski definition) is 1. The van der Waals surface area contributed by atoms with Crippen LogP contribution in [0.2, 0.25) is 5.02 Å². The van der Waals surface area contributed by atoms with Crippen molar-refractivity contribution >= 4 is 17.7 Å². The molecule has 0 aliphatic carbocycles. The van der Waals surface area contributed by atoms with Crippen LogP contribution in [0.3, 0.4) is 0 Å². The number of nitriles is 1. The van der Waals surface area contributed by atoms with Crippen LogP contribution in [-0.2, 0) is 6.42 Å².